The highest BCUT2D eigenvalue weighted by Gasteiger charge is 2.13. The van der Waals surface area contributed by atoms with Crippen molar-refractivity contribution in [1.29, 1.82) is 0 Å². The zero-order valence-electron chi connectivity index (χ0n) is 11.4. The Morgan fingerprint density at radius 3 is 2.90 bits per heavy atom. The minimum atomic E-state index is -0.243. The molecule has 0 radical (unpaired) electrons. The fourth-order valence-electron chi connectivity index (χ4n) is 1.54. The average molecular weight is 277 g/mol. The fraction of sp³-hybridized carbons (Fsp3) is 0.364. The summed E-state index contributed by atoms with van der Waals surface area (Å²) in [6, 6.07) is 0.239. The lowest BCUT2D eigenvalue weighted by molar-refractivity contribution is -0.116. The molecular formula is C11H15N7O2. The van der Waals surface area contributed by atoms with Crippen LogP contribution in [0.4, 0.5) is 11.5 Å². The first kappa shape index (κ1) is 13.7. The molecule has 0 aliphatic heterocycles. The van der Waals surface area contributed by atoms with Crippen molar-refractivity contribution in [1.82, 2.24) is 24.7 Å². The van der Waals surface area contributed by atoms with Crippen LogP contribution in [0.2, 0.25) is 0 Å². The first-order chi connectivity index (χ1) is 9.60. The summed E-state index contributed by atoms with van der Waals surface area (Å²) in [6.45, 7) is 0.0684. The van der Waals surface area contributed by atoms with Crippen molar-refractivity contribution < 1.29 is 9.53 Å². The lowest BCUT2D eigenvalue weighted by Gasteiger charge is -2.16. The summed E-state index contributed by atoms with van der Waals surface area (Å²) in [5, 5.41) is 6.60. The van der Waals surface area contributed by atoms with Crippen LogP contribution in [0.3, 0.4) is 0 Å². The van der Waals surface area contributed by atoms with Gasteiger partial charge in [-0.1, -0.05) is 0 Å². The molecule has 9 nitrogen and oxygen atoms in total. The van der Waals surface area contributed by atoms with Gasteiger partial charge in [0.1, 0.15) is 24.9 Å². The van der Waals surface area contributed by atoms with Crippen molar-refractivity contribution in [2.24, 2.45) is 0 Å². The maximum absolute atomic E-state index is 11.9. The van der Waals surface area contributed by atoms with E-state index in [9.17, 15) is 4.79 Å². The molecule has 2 heterocycles. The van der Waals surface area contributed by atoms with E-state index in [-0.39, 0.29) is 18.5 Å². The number of nitrogens with zero attached hydrogens (tertiary/aromatic N) is 6. The molecule has 0 bridgehead atoms. The fourth-order valence-corrected chi connectivity index (χ4v) is 1.54. The Hall–Kier alpha value is -2.71. The number of anilines is 2. The molecule has 0 aliphatic rings. The smallest absolute Gasteiger partial charge is 0.318 e. The molecule has 9 heteroatoms. The number of aromatic nitrogens is 5. The molecule has 106 valence electrons. The van der Waals surface area contributed by atoms with Gasteiger partial charge in [-0.2, -0.15) is 10.1 Å². The molecule has 1 N–H and O–H groups in total. The number of nitrogens with one attached hydrogen (secondary N) is 1. The molecule has 0 unspecified atom stereocenters. The van der Waals surface area contributed by atoms with Crippen LogP contribution in [0.25, 0.3) is 0 Å². The summed E-state index contributed by atoms with van der Waals surface area (Å²) >= 11 is 0. The number of carbonyl (C=O) groups is 1. The number of carbonyl (C=O) groups excluding carboxylic acids is 1. The zero-order chi connectivity index (χ0) is 14.5. The molecule has 0 atom stereocenters. The number of hydrogen-bond donors (Lipinski definition) is 1. The predicted molar refractivity (Wildman–Crippen MR) is 71.6 cm³/mol. The van der Waals surface area contributed by atoms with Crippen LogP contribution in [-0.2, 0) is 11.3 Å². The summed E-state index contributed by atoms with van der Waals surface area (Å²) < 4.78 is 6.39. The number of rotatable bonds is 5. The Balaban J connectivity index is 2.13. The highest BCUT2D eigenvalue weighted by atomic mass is 16.5. The van der Waals surface area contributed by atoms with Crippen molar-refractivity contribution >= 4 is 17.4 Å². The molecule has 2 aromatic rings. The van der Waals surface area contributed by atoms with Gasteiger partial charge in [0.25, 0.3) is 0 Å². The molecule has 0 aliphatic carbocycles. The van der Waals surface area contributed by atoms with Gasteiger partial charge in [-0.05, 0) is 0 Å². The molecule has 0 fully saturated rings. The van der Waals surface area contributed by atoms with Gasteiger partial charge in [-0.15, -0.1) is 0 Å². The predicted octanol–water partition coefficient (Wildman–Crippen LogP) is -0.219. The summed E-state index contributed by atoms with van der Waals surface area (Å²) in [5.41, 5.74) is 0.501. The standard InChI is InChI=1S/C11H15N7O2/c1-17(2)10-8(4-13-11(16-10)20-3)15-9(19)5-18-7-12-6-14-18/h4,6-7H,5H2,1-3H3,(H,15,19). The van der Waals surface area contributed by atoms with Gasteiger partial charge < -0.3 is 15.0 Å². The van der Waals surface area contributed by atoms with Crippen LogP contribution in [0, 0.1) is 0 Å². The van der Waals surface area contributed by atoms with Gasteiger partial charge in [0.2, 0.25) is 5.91 Å². The maximum Gasteiger partial charge on any atom is 0.318 e. The SMILES string of the molecule is COc1ncc(NC(=O)Cn2cncn2)c(N(C)C)n1. The van der Waals surface area contributed by atoms with E-state index in [1.54, 1.807) is 4.90 Å². The maximum atomic E-state index is 11.9. The topological polar surface area (TPSA) is 98.1 Å². The van der Waals surface area contributed by atoms with Crippen molar-refractivity contribution in [2.75, 3.05) is 31.4 Å². The molecule has 2 aromatic heterocycles. The Bertz CT molecular complexity index is 582. The van der Waals surface area contributed by atoms with Crippen molar-refractivity contribution in [3.8, 4) is 6.01 Å². The Morgan fingerprint density at radius 2 is 2.30 bits per heavy atom. The third-order valence-corrected chi connectivity index (χ3v) is 2.40. The molecule has 0 aromatic carbocycles. The molecule has 0 saturated heterocycles. The van der Waals surface area contributed by atoms with Crippen LogP contribution < -0.4 is 15.0 Å². The molecule has 0 spiro atoms. The second-order valence-corrected chi connectivity index (χ2v) is 4.13. The number of methoxy groups -OCH3 is 1. The van der Waals surface area contributed by atoms with Crippen molar-refractivity contribution in [2.45, 2.75) is 6.54 Å². The van der Waals surface area contributed by atoms with Crippen molar-refractivity contribution in [3.63, 3.8) is 0 Å². The molecular weight excluding hydrogens is 262 g/mol. The second kappa shape index (κ2) is 5.95. The lowest BCUT2D eigenvalue weighted by atomic mass is 10.4. The third kappa shape index (κ3) is 3.19. The molecule has 1 amide bonds. The van der Waals surface area contributed by atoms with Crippen LogP contribution in [0.1, 0.15) is 0 Å². The van der Waals surface area contributed by atoms with Crippen LogP contribution in [0.15, 0.2) is 18.9 Å². The molecule has 0 saturated carbocycles. The van der Waals surface area contributed by atoms with Gasteiger partial charge in [0.05, 0.1) is 13.3 Å². The van der Waals surface area contributed by atoms with Crippen LogP contribution in [0.5, 0.6) is 6.01 Å². The van der Waals surface area contributed by atoms with E-state index in [1.165, 1.54) is 30.6 Å². The summed E-state index contributed by atoms with van der Waals surface area (Å²) in [5.74, 6) is 0.316. The summed E-state index contributed by atoms with van der Waals surface area (Å²) in [6.07, 6.45) is 4.34. The van der Waals surface area contributed by atoms with E-state index >= 15 is 0 Å². The van der Waals surface area contributed by atoms with Gasteiger partial charge in [0, 0.05) is 14.1 Å². The van der Waals surface area contributed by atoms with E-state index in [0.29, 0.717) is 11.5 Å². The van der Waals surface area contributed by atoms with Crippen LogP contribution >= 0.6 is 0 Å². The van der Waals surface area contributed by atoms with Gasteiger partial charge in [-0.3, -0.25) is 4.79 Å². The van der Waals surface area contributed by atoms with E-state index < -0.39 is 0 Å². The number of amides is 1. The second-order valence-electron chi connectivity index (χ2n) is 4.13. The molecule has 2 rings (SSSR count). The lowest BCUT2D eigenvalue weighted by Crippen LogP contribution is -2.22. The monoisotopic (exact) mass is 277 g/mol. The Labute approximate surface area is 115 Å². The first-order valence-corrected chi connectivity index (χ1v) is 5.80. The number of hydrogen-bond acceptors (Lipinski definition) is 7. The third-order valence-electron chi connectivity index (χ3n) is 2.40. The summed E-state index contributed by atoms with van der Waals surface area (Å²) in [4.78, 5) is 25.6. The van der Waals surface area contributed by atoms with E-state index in [1.807, 2.05) is 14.1 Å². The Kier molecular flexibility index (Phi) is 4.08. The molecule has 20 heavy (non-hydrogen) atoms. The highest BCUT2D eigenvalue weighted by Crippen LogP contribution is 2.22. The Morgan fingerprint density at radius 1 is 1.50 bits per heavy atom. The summed E-state index contributed by atoms with van der Waals surface area (Å²) in [7, 11) is 5.11. The minimum Gasteiger partial charge on any atom is -0.467 e. The normalized spacial score (nSPS) is 10.2. The number of ether oxygens (including phenoxy) is 1. The minimum absolute atomic E-state index is 0.0684. The van der Waals surface area contributed by atoms with E-state index in [4.69, 9.17) is 4.74 Å². The zero-order valence-corrected chi connectivity index (χ0v) is 11.4. The van der Waals surface area contributed by atoms with Crippen molar-refractivity contribution in [3.05, 3.63) is 18.9 Å². The van der Waals surface area contributed by atoms with Gasteiger partial charge in [0.15, 0.2) is 5.82 Å². The van der Waals surface area contributed by atoms with Gasteiger partial charge in [-0.25, -0.2) is 14.6 Å². The van der Waals surface area contributed by atoms with E-state index in [0.717, 1.165) is 0 Å². The average Bonchev–Trinajstić information content (AvgIpc) is 2.91. The van der Waals surface area contributed by atoms with E-state index in [2.05, 4.69) is 25.4 Å². The highest BCUT2D eigenvalue weighted by molar-refractivity contribution is 5.93. The van der Waals surface area contributed by atoms with Gasteiger partial charge >= 0.3 is 6.01 Å². The van der Waals surface area contributed by atoms with Crippen LogP contribution in [-0.4, -0.2) is 51.8 Å². The quantitative estimate of drug-likeness (QED) is 0.806. The largest absolute Gasteiger partial charge is 0.467 e. The first-order valence-electron chi connectivity index (χ1n) is 5.80.